The van der Waals surface area contributed by atoms with Gasteiger partial charge in [-0.15, -0.1) is 0 Å². The van der Waals surface area contributed by atoms with Gasteiger partial charge in [0.1, 0.15) is 0 Å². The Hall–Kier alpha value is 0.594. The molecule has 0 unspecified atom stereocenters. The molecule has 0 rings (SSSR count). The monoisotopic (exact) mass is 95.9 g/mol. The van der Waals surface area contributed by atoms with Crippen molar-refractivity contribution in [3.63, 3.8) is 0 Å². The standard InChI is InChI=1S/3O.Ti/q3*-2;+6. The molecular weight excluding hydrogens is 95.9 g/mol. The minimum Gasteiger partial charge on any atom is -2.00 e. The van der Waals surface area contributed by atoms with E-state index in [1.54, 1.807) is 0 Å². The molecule has 4 heteroatoms. The first-order valence-corrected chi connectivity index (χ1v) is 0. The van der Waals surface area contributed by atoms with Gasteiger partial charge in [-0.25, -0.2) is 0 Å². The fourth-order valence-corrected chi connectivity index (χ4v) is 0. The zero-order valence-electron chi connectivity index (χ0n) is 1.72. The van der Waals surface area contributed by atoms with Gasteiger partial charge >= 0.3 is 21.7 Å². The van der Waals surface area contributed by atoms with E-state index in [4.69, 9.17) is 0 Å². The van der Waals surface area contributed by atoms with Gasteiger partial charge in [0, 0.05) is 0 Å². The topological polar surface area (TPSA) is 85.5 Å². The quantitative estimate of drug-likeness (QED) is 0.368. The van der Waals surface area contributed by atoms with Crippen molar-refractivity contribution >= 4 is 0 Å². The van der Waals surface area contributed by atoms with Crippen molar-refractivity contribution in [1.82, 2.24) is 0 Å². The van der Waals surface area contributed by atoms with Crippen LogP contribution in [0, 0.1) is 0 Å². The van der Waals surface area contributed by atoms with Crippen molar-refractivity contribution in [1.29, 1.82) is 0 Å². The molecule has 0 radical (unpaired) electrons. The summed E-state index contributed by atoms with van der Waals surface area (Å²) >= 11 is 0. The van der Waals surface area contributed by atoms with E-state index in [-0.39, 0.29) is 38.1 Å². The Bertz CT molecular complexity index is 3.25. The van der Waals surface area contributed by atoms with Gasteiger partial charge in [0.15, 0.2) is 0 Å². The van der Waals surface area contributed by atoms with E-state index >= 15 is 0 Å². The summed E-state index contributed by atoms with van der Waals surface area (Å²) in [6.45, 7) is 0. The van der Waals surface area contributed by atoms with Crippen LogP contribution in [0.2, 0.25) is 0 Å². The summed E-state index contributed by atoms with van der Waals surface area (Å²) in [5.41, 5.74) is 0. The van der Waals surface area contributed by atoms with Crippen LogP contribution >= 0.6 is 0 Å². The van der Waals surface area contributed by atoms with E-state index in [2.05, 4.69) is 0 Å². The fourth-order valence-electron chi connectivity index (χ4n) is 0. The molecule has 0 saturated heterocycles. The summed E-state index contributed by atoms with van der Waals surface area (Å²) in [4.78, 5) is 0. The van der Waals surface area contributed by atoms with Gasteiger partial charge in [-0.2, -0.15) is 0 Å². The van der Waals surface area contributed by atoms with E-state index in [0.717, 1.165) is 0 Å². The molecule has 0 aromatic carbocycles. The molecule has 22 valence electrons. The van der Waals surface area contributed by atoms with E-state index in [1.807, 2.05) is 0 Å². The molecule has 4 heavy (non-hydrogen) atoms. The third kappa shape index (κ3) is 18.7. The molecule has 3 nitrogen and oxygen atoms in total. The summed E-state index contributed by atoms with van der Waals surface area (Å²) in [5.74, 6) is 0. The smallest absolute Gasteiger partial charge is 2.00 e. The molecule has 0 amide bonds. The van der Waals surface area contributed by atoms with Gasteiger partial charge in [-0.1, -0.05) is 0 Å². The van der Waals surface area contributed by atoms with Gasteiger partial charge in [0.05, 0.1) is 0 Å². The summed E-state index contributed by atoms with van der Waals surface area (Å²) in [7, 11) is 0. The van der Waals surface area contributed by atoms with Crippen LogP contribution in [0.5, 0.6) is 0 Å². The van der Waals surface area contributed by atoms with Crippen LogP contribution in [-0.2, 0) is 38.1 Å². The van der Waals surface area contributed by atoms with E-state index in [9.17, 15) is 0 Å². The van der Waals surface area contributed by atoms with Crippen LogP contribution in [0.1, 0.15) is 0 Å². The number of rotatable bonds is 0. The van der Waals surface area contributed by atoms with Gasteiger partial charge < -0.3 is 16.4 Å². The molecule has 0 aliphatic heterocycles. The van der Waals surface area contributed by atoms with Crippen LogP contribution in [0.15, 0.2) is 0 Å². The molecule has 0 bridgehead atoms. The molecule has 0 aliphatic rings. The first kappa shape index (κ1) is 168. The second-order valence-electron chi connectivity index (χ2n) is 0. The third-order valence-corrected chi connectivity index (χ3v) is 0. The molecule has 0 saturated carbocycles. The largest absolute Gasteiger partial charge is 6.00 e. The Kier molecular flexibility index (Phi) is 2880. The summed E-state index contributed by atoms with van der Waals surface area (Å²) < 4.78 is 0. The van der Waals surface area contributed by atoms with Crippen molar-refractivity contribution in [3.05, 3.63) is 0 Å². The van der Waals surface area contributed by atoms with Crippen molar-refractivity contribution < 1.29 is 38.1 Å². The summed E-state index contributed by atoms with van der Waals surface area (Å²) in [6, 6.07) is 0. The minimum absolute atomic E-state index is 0. The molecule has 0 aromatic rings. The maximum atomic E-state index is 0. The molecule has 0 spiro atoms. The zero-order valence-corrected chi connectivity index (χ0v) is 3.29. The van der Waals surface area contributed by atoms with Crippen molar-refractivity contribution in [2.75, 3.05) is 0 Å². The number of hydrogen-bond donors (Lipinski definition) is 0. The Morgan fingerprint density at radius 2 is 0.500 bits per heavy atom. The van der Waals surface area contributed by atoms with Crippen LogP contribution in [-0.4, -0.2) is 0 Å². The van der Waals surface area contributed by atoms with Gasteiger partial charge in [-0.3, -0.25) is 0 Å². The van der Waals surface area contributed by atoms with Crippen LogP contribution in [0.4, 0.5) is 0 Å². The SMILES string of the molecule is [O-2].[O-2].[O-2].[Ti+6]. The maximum absolute atomic E-state index is 0. The summed E-state index contributed by atoms with van der Waals surface area (Å²) in [5, 5.41) is 0. The van der Waals surface area contributed by atoms with Gasteiger partial charge in [0.25, 0.3) is 0 Å². The van der Waals surface area contributed by atoms with Crippen molar-refractivity contribution in [2.24, 2.45) is 0 Å². The Balaban J connectivity index is 0. The van der Waals surface area contributed by atoms with E-state index < -0.39 is 0 Å². The molecule has 0 aliphatic carbocycles. The van der Waals surface area contributed by atoms with Crippen molar-refractivity contribution in [3.8, 4) is 0 Å². The van der Waals surface area contributed by atoms with Gasteiger partial charge in [-0.05, 0) is 0 Å². The van der Waals surface area contributed by atoms with Gasteiger partial charge in [0.2, 0.25) is 0 Å². The van der Waals surface area contributed by atoms with E-state index in [1.165, 1.54) is 0 Å². The zero-order chi connectivity index (χ0) is 0. The molecule has 0 fully saturated rings. The fraction of sp³-hybridized carbons (Fsp3) is 0. The Morgan fingerprint density at radius 3 is 0.500 bits per heavy atom. The van der Waals surface area contributed by atoms with Crippen LogP contribution in [0.25, 0.3) is 0 Å². The second kappa shape index (κ2) is 68.5. The number of hydrogen-bond acceptors (Lipinski definition) is 0. The minimum atomic E-state index is 0. The summed E-state index contributed by atoms with van der Waals surface area (Å²) in [6.07, 6.45) is 0. The van der Waals surface area contributed by atoms with Crippen LogP contribution in [0.3, 0.4) is 0 Å². The third-order valence-electron chi connectivity index (χ3n) is 0. The normalized spacial score (nSPS) is 0. The Labute approximate surface area is 38.8 Å². The molecule has 0 atom stereocenters. The molecule has 0 heterocycles. The predicted molar refractivity (Wildman–Crippen MR) is 2.06 cm³/mol. The molecular formula is O3Ti. The Morgan fingerprint density at radius 1 is 0.500 bits per heavy atom. The average molecular weight is 95.9 g/mol. The van der Waals surface area contributed by atoms with Crippen LogP contribution < -0.4 is 0 Å². The first-order chi connectivity index (χ1) is 0. The second-order valence-corrected chi connectivity index (χ2v) is 0. The average Bonchev–Trinajstić information content (AvgIpc) is 0. The van der Waals surface area contributed by atoms with Crippen molar-refractivity contribution in [2.45, 2.75) is 0 Å². The predicted octanol–water partition coefficient (Wildman–Crippen LogP) is -0.359. The first-order valence-electron chi connectivity index (χ1n) is 0. The molecule has 0 aromatic heterocycles. The van der Waals surface area contributed by atoms with E-state index in [0.29, 0.717) is 0 Å². The molecule has 0 N–H and O–H groups in total. The maximum Gasteiger partial charge on any atom is 6.00 e.